The van der Waals surface area contributed by atoms with E-state index in [1.807, 2.05) is 30.3 Å². The molecule has 2 rings (SSSR count). The lowest BCUT2D eigenvalue weighted by Gasteiger charge is -2.12. The van der Waals surface area contributed by atoms with Gasteiger partial charge in [-0.15, -0.1) is 0 Å². The molecule has 0 saturated heterocycles. The fraction of sp³-hybridized carbons (Fsp3) is 0.312. The Labute approximate surface area is 119 Å². The number of anilines is 1. The lowest BCUT2D eigenvalue weighted by Crippen LogP contribution is -2.00. The first-order valence-corrected chi connectivity index (χ1v) is 6.88. The van der Waals surface area contributed by atoms with Crippen molar-refractivity contribution in [3.05, 3.63) is 42.1 Å². The Morgan fingerprint density at radius 1 is 1.15 bits per heavy atom. The molecule has 0 saturated carbocycles. The van der Waals surface area contributed by atoms with Gasteiger partial charge in [0.1, 0.15) is 0 Å². The molecule has 0 atom stereocenters. The number of aromatic nitrogens is 1. The van der Waals surface area contributed by atoms with Gasteiger partial charge in [-0.1, -0.05) is 19.9 Å². The van der Waals surface area contributed by atoms with Crippen LogP contribution in [-0.2, 0) is 6.42 Å². The molecule has 2 aromatic rings. The zero-order valence-electron chi connectivity index (χ0n) is 11.9. The molecule has 0 aliphatic rings. The minimum absolute atomic E-state index is 0.442. The van der Waals surface area contributed by atoms with Crippen LogP contribution in [0.1, 0.15) is 25.8 Å². The van der Waals surface area contributed by atoms with Gasteiger partial charge in [-0.3, -0.25) is 0 Å². The first-order chi connectivity index (χ1) is 9.74. The summed E-state index contributed by atoms with van der Waals surface area (Å²) in [4.78, 5) is 4.21. The number of aryl methyl sites for hydroxylation is 1. The second-order valence-corrected chi connectivity index (χ2v) is 4.48. The number of ether oxygens (including phenoxy) is 2. The lowest BCUT2D eigenvalue weighted by molar-refractivity contribution is 0.298. The zero-order chi connectivity index (χ0) is 14.4. The minimum atomic E-state index is 0.442. The number of nitrogens with two attached hydrogens (primary N) is 1. The molecular weight excluding hydrogens is 252 g/mol. The van der Waals surface area contributed by atoms with Crippen molar-refractivity contribution in [2.24, 2.45) is 0 Å². The summed E-state index contributed by atoms with van der Waals surface area (Å²) in [5.41, 5.74) is 7.79. The maximum Gasteiger partial charge on any atom is 0.262 e. The third-order valence-electron chi connectivity index (χ3n) is 2.89. The Balaban J connectivity index is 2.21. The summed E-state index contributed by atoms with van der Waals surface area (Å²) in [5.74, 6) is 1.67. The summed E-state index contributed by atoms with van der Waals surface area (Å²) in [6.07, 6.45) is 3.55. The van der Waals surface area contributed by atoms with Gasteiger partial charge >= 0.3 is 0 Å². The van der Waals surface area contributed by atoms with Crippen LogP contribution in [0.25, 0.3) is 0 Å². The lowest BCUT2D eigenvalue weighted by atomic mass is 10.1. The quantitative estimate of drug-likeness (QED) is 0.812. The first-order valence-electron chi connectivity index (χ1n) is 6.88. The van der Waals surface area contributed by atoms with Crippen molar-refractivity contribution in [1.29, 1.82) is 0 Å². The normalized spacial score (nSPS) is 10.3. The molecule has 0 aliphatic heterocycles. The third-order valence-corrected chi connectivity index (χ3v) is 2.89. The predicted molar refractivity (Wildman–Crippen MR) is 80.3 cm³/mol. The molecule has 0 unspecified atom stereocenters. The molecule has 4 heteroatoms. The minimum Gasteiger partial charge on any atom is -0.488 e. The molecule has 0 radical (unpaired) electrons. The van der Waals surface area contributed by atoms with Crippen molar-refractivity contribution in [3.63, 3.8) is 0 Å². The topological polar surface area (TPSA) is 57.4 Å². The Bertz CT molecular complexity index is 570. The van der Waals surface area contributed by atoms with Crippen molar-refractivity contribution in [2.75, 3.05) is 12.3 Å². The first kappa shape index (κ1) is 14.2. The number of nitrogens with zero attached hydrogens (tertiary/aromatic N) is 1. The maximum absolute atomic E-state index is 6.00. The summed E-state index contributed by atoms with van der Waals surface area (Å²) in [6.45, 7) is 4.77. The SMILES string of the molecule is CCCOc1cccnc1Oc1ccc(CC)cc1N. The molecule has 0 bridgehead atoms. The highest BCUT2D eigenvalue weighted by molar-refractivity contribution is 5.56. The predicted octanol–water partition coefficient (Wildman–Crippen LogP) is 3.81. The Morgan fingerprint density at radius 2 is 2.00 bits per heavy atom. The van der Waals surface area contributed by atoms with E-state index >= 15 is 0 Å². The summed E-state index contributed by atoms with van der Waals surface area (Å²) >= 11 is 0. The van der Waals surface area contributed by atoms with Gasteiger partial charge in [0.05, 0.1) is 12.3 Å². The van der Waals surface area contributed by atoms with Gasteiger partial charge in [-0.05, 0) is 42.7 Å². The van der Waals surface area contributed by atoms with Crippen molar-refractivity contribution >= 4 is 5.69 Å². The molecule has 4 nitrogen and oxygen atoms in total. The summed E-state index contributed by atoms with van der Waals surface area (Å²) < 4.78 is 11.4. The number of rotatable bonds is 6. The standard InChI is InChI=1S/C16H20N2O2/c1-3-10-19-15-6-5-9-18-16(15)20-14-8-7-12(4-2)11-13(14)17/h5-9,11H,3-4,10,17H2,1-2H3. The van der Waals surface area contributed by atoms with E-state index in [0.717, 1.165) is 12.8 Å². The van der Waals surface area contributed by atoms with Crippen molar-refractivity contribution in [3.8, 4) is 17.4 Å². The smallest absolute Gasteiger partial charge is 0.262 e. The van der Waals surface area contributed by atoms with Crippen LogP contribution in [0.15, 0.2) is 36.5 Å². The molecule has 0 aliphatic carbocycles. The van der Waals surface area contributed by atoms with Gasteiger partial charge in [0.25, 0.3) is 5.88 Å². The average Bonchev–Trinajstić information content (AvgIpc) is 2.48. The van der Waals surface area contributed by atoms with Gasteiger partial charge in [0.15, 0.2) is 11.5 Å². The molecule has 0 fully saturated rings. The summed E-state index contributed by atoms with van der Waals surface area (Å²) in [7, 11) is 0. The maximum atomic E-state index is 6.00. The van der Waals surface area contributed by atoms with E-state index in [2.05, 4.69) is 18.8 Å². The van der Waals surface area contributed by atoms with E-state index in [1.165, 1.54) is 5.56 Å². The number of hydrogen-bond acceptors (Lipinski definition) is 4. The fourth-order valence-electron chi connectivity index (χ4n) is 1.79. The zero-order valence-corrected chi connectivity index (χ0v) is 11.9. The molecule has 20 heavy (non-hydrogen) atoms. The van der Waals surface area contributed by atoms with E-state index in [0.29, 0.717) is 29.7 Å². The van der Waals surface area contributed by atoms with Gasteiger partial charge in [-0.25, -0.2) is 4.98 Å². The summed E-state index contributed by atoms with van der Waals surface area (Å²) in [5, 5.41) is 0. The van der Waals surface area contributed by atoms with Crippen molar-refractivity contribution in [1.82, 2.24) is 4.98 Å². The van der Waals surface area contributed by atoms with Gasteiger partial charge in [-0.2, -0.15) is 0 Å². The average molecular weight is 272 g/mol. The van der Waals surface area contributed by atoms with Crippen LogP contribution in [0.4, 0.5) is 5.69 Å². The molecule has 106 valence electrons. The van der Waals surface area contributed by atoms with Gasteiger partial charge < -0.3 is 15.2 Å². The highest BCUT2D eigenvalue weighted by Crippen LogP contribution is 2.32. The number of pyridine rings is 1. The largest absolute Gasteiger partial charge is 0.488 e. The van der Waals surface area contributed by atoms with E-state index in [9.17, 15) is 0 Å². The Hall–Kier alpha value is -2.23. The third kappa shape index (κ3) is 3.41. The van der Waals surface area contributed by atoms with E-state index in [4.69, 9.17) is 15.2 Å². The van der Waals surface area contributed by atoms with E-state index in [-0.39, 0.29) is 0 Å². The van der Waals surface area contributed by atoms with Crippen LogP contribution in [0, 0.1) is 0 Å². The van der Waals surface area contributed by atoms with Crippen LogP contribution >= 0.6 is 0 Å². The van der Waals surface area contributed by atoms with E-state index in [1.54, 1.807) is 6.20 Å². The molecule has 0 amide bonds. The van der Waals surface area contributed by atoms with Crippen LogP contribution in [0.5, 0.6) is 17.4 Å². The highest BCUT2D eigenvalue weighted by Gasteiger charge is 2.09. The van der Waals surface area contributed by atoms with Crippen LogP contribution in [0.2, 0.25) is 0 Å². The van der Waals surface area contributed by atoms with Gasteiger partial charge in [0, 0.05) is 6.20 Å². The second kappa shape index (κ2) is 6.80. The van der Waals surface area contributed by atoms with Crippen LogP contribution < -0.4 is 15.2 Å². The number of hydrogen-bond donors (Lipinski definition) is 1. The second-order valence-electron chi connectivity index (χ2n) is 4.48. The highest BCUT2D eigenvalue weighted by atomic mass is 16.5. The molecule has 0 spiro atoms. The van der Waals surface area contributed by atoms with Crippen molar-refractivity contribution < 1.29 is 9.47 Å². The molecule has 1 aromatic carbocycles. The monoisotopic (exact) mass is 272 g/mol. The molecule has 1 heterocycles. The molecule has 1 aromatic heterocycles. The summed E-state index contributed by atoms with van der Waals surface area (Å²) in [6, 6.07) is 9.45. The number of benzene rings is 1. The van der Waals surface area contributed by atoms with Crippen molar-refractivity contribution in [2.45, 2.75) is 26.7 Å². The van der Waals surface area contributed by atoms with Crippen LogP contribution in [-0.4, -0.2) is 11.6 Å². The van der Waals surface area contributed by atoms with Crippen LogP contribution in [0.3, 0.4) is 0 Å². The van der Waals surface area contributed by atoms with Gasteiger partial charge in [0.2, 0.25) is 0 Å². The fourth-order valence-corrected chi connectivity index (χ4v) is 1.79. The number of nitrogen functional groups attached to an aromatic ring is 1. The van der Waals surface area contributed by atoms with E-state index < -0.39 is 0 Å². The molecule has 2 N–H and O–H groups in total. The molecular formula is C16H20N2O2. The Kier molecular flexibility index (Phi) is 4.82. The Morgan fingerprint density at radius 3 is 2.70 bits per heavy atom.